The third-order valence-corrected chi connectivity index (χ3v) is 4.57. The van der Waals surface area contributed by atoms with Crippen LogP contribution >= 0.6 is 11.3 Å². The van der Waals surface area contributed by atoms with Crippen LogP contribution in [0.2, 0.25) is 0 Å². The van der Waals surface area contributed by atoms with Crippen molar-refractivity contribution in [3.8, 4) is 0 Å². The van der Waals surface area contributed by atoms with Gasteiger partial charge >= 0.3 is 0 Å². The van der Waals surface area contributed by atoms with E-state index in [1.165, 1.54) is 15.4 Å². The van der Waals surface area contributed by atoms with Gasteiger partial charge in [-0.25, -0.2) is 4.98 Å². The first-order chi connectivity index (χ1) is 9.72. The summed E-state index contributed by atoms with van der Waals surface area (Å²) in [5, 5.41) is 13.9. The molecule has 4 heteroatoms. The molecule has 0 aliphatic carbocycles. The Hall–Kier alpha value is -1.23. The summed E-state index contributed by atoms with van der Waals surface area (Å²) in [5.74, 6) is 0. The fourth-order valence-corrected chi connectivity index (χ4v) is 2.96. The summed E-state index contributed by atoms with van der Waals surface area (Å²) in [5.41, 5.74) is 2.17. The van der Waals surface area contributed by atoms with Crippen LogP contribution in [-0.4, -0.2) is 16.6 Å². The predicted octanol–water partition coefficient (Wildman–Crippen LogP) is 3.09. The zero-order chi connectivity index (χ0) is 14.4. The van der Waals surface area contributed by atoms with Crippen LogP contribution in [-0.2, 0) is 19.4 Å². The summed E-state index contributed by atoms with van der Waals surface area (Å²) >= 11 is 1.80. The fraction of sp³-hybridized carbons (Fsp3) is 0.438. The van der Waals surface area contributed by atoms with E-state index in [-0.39, 0.29) is 12.6 Å². The van der Waals surface area contributed by atoms with E-state index in [1.807, 2.05) is 18.3 Å². The molecule has 0 bridgehead atoms. The van der Waals surface area contributed by atoms with Gasteiger partial charge in [0.1, 0.15) is 0 Å². The standard InChI is InChI=1S/C16H22N2OS/c1-3-15-10-18-16(20-15)7-8-17-12(2)14-6-4-5-13(9-14)11-19/h4-6,9-10,12,17,19H,3,7-8,11H2,1-2H3. The van der Waals surface area contributed by atoms with Crippen LogP contribution in [0.3, 0.4) is 0 Å². The molecule has 0 radical (unpaired) electrons. The second-order valence-electron chi connectivity index (χ2n) is 4.90. The maximum atomic E-state index is 9.17. The Labute approximate surface area is 124 Å². The monoisotopic (exact) mass is 290 g/mol. The highest BCUT2D eigenvalue weighted by atomic mass is 32.1. The number of aliphatic hydroxyl groups is 1. The second-order valence-corrected chi connectivity index (χ2v) is 6.10. The summed E-state index contributed by atoms with van der Waals surface area (Å²) in [7, 11) is 0. The Morgan fingerprint density at radius 2 is 2.25 bits per heavy atom. The Kier molecular flexibility index (Phi) is 5.71. The summed E-state index contributed by atoms with van der Waals surface area (Å²) in [4.78, 5) is 5.78. The number of nitrogens with zero attached hydrogens (tertiary/aromatic N) is 1. The van der Waals surface area contributed by atoms with E-state index in [9.17, 15) is 0 Å². The van der Waals surface area contributed by atoms with Gasteiger partial charge in [0.05, 0.1) is 11.6 Å². The third kappa shape index (κ3) is 4.13. The molecule has 0 aliphatic rings. The Morgan fingerprint density at radius 1 is 1.40 bits per heavy atom. The molecule has 108 valence electrons. The van der Waals surface area contributed by atoms with Crippen LogP contribution in [0.25, 0.3) is 0 Å². The van der Waals surface area contributed by atoms with Crippen LogP contribution in [0.1, 0.15) is 40.9 Å². The van der Waals surface area contributed by atoms with Gasteiger partial charge in [-0.15, -0.1) is 11.3 Å². The van der Waals surface area contributed by atoms with E-state index in [0.29, 0.717) is 0 Å². The molecular formula is C16H22N2OS. The summed E-state index contributed by atoms with van der Waals surface area (Å²) in [6, 6.07) is 8.36. The highest BCUT2D eigenvalue weighted by molar-refractivity contribution is 7.11. The average Bonchev–Trinajstić information content (AvgIpc) is 2.95. The average molecular weight is 290 g/mol. The lowest BCUT2D eigenvalue weighted by molar-refractivity contribution is 0.281. The van der Waals surface area contributed by atoms with Gasteiger partial charge in [0.15, 0.2) is 0 Å². The van der Waals surface area contributed by atoms with Crippen molar-refractivity contribution < 1.29 is 5.11 Å². The molecule has 0 spiro atoms. The van der Waals surface area contributed by atoms with Crippen LogP contribution in [0.15, 0.2) is 30.5 Å². The molecule has 1 unspecified atom stereocenters. The fourth-order valence-electron chi connectivity index (χ4n) is 2.10. The van der Waals surface area contributed by atoms with Crippen molar-refractivity contribution in [3.05, 3.63) is 51.5 Å². The number of aliphatic hydroxyl groups excluding tert-OH is 1. The van der Waals surface area contributed by atoms with Crippen molar-refractivity contribution >= 4 is 11.3 Å². The topological polar surface area (TPSA) is 45.2 Å². The van der Waals surface area contributed by atoms with Crippen LogP contribution in [0, 0.1) is 0 Å². The SMILES string of the molecule is CCc1cnc(CCNC(C)c2cccc(CO)c2)s1. The van der Waals surface area contributed by atoms with Gasteiger partial charge < -0.3 is 10.4 Å². The van der Waals surface area contributed by atoms with Gasteiger partial charge in [-0.05, 0) is 24.5 Å². The van der Waals surface area contributed by atoms with Crippen molar-refractivity contribution in [2.24, 2.45) is 0 Å². The van der Waals surface area contributed by atoms with Crippen molar-refractivity contribution in [2.75, 3.05) is 6.54 Å². The minimum absolute atomic E-state index is 0.0967. The molecule has 20 heavy (non-hydrogen) atoms. The van der Waals surface area contributed by atoms with E-state index in [1.54, 1.807) is 11.3 Å². The first-order valence-corrected chi connectivity index (χ1v) is 7.91. The molecule has 2 rings (SSSR count). The number of hydrogen-bond acceptors (Lipinski definition) is 4. The zero-order valence-electron chi connectivity index (χ0n) is 12.1. The number of aromatic nitrogens is 1. The molecular weight excluding hydrogens is 268 g/mol. The molecule has 1 aromatic carbocycles. The van der Waals surface area contributed by atoms with E-state index in [2.05, 4.69) is 36.3 Å². The van der Waals surface area contributed by atoms with Crippen LogP contribution < -0.4 is 5.32 Å². The zero-order valence-corrected chi connectivity index (χ0v) is 12.9. The lowest BCUT2D eigenvalue weighted by Gasteiger charge is -2.14. The molecule has 0 saturated heterocycles. The predicted molar refractivity (Wildman–Crippen MR) is 84.0 cm³/mol. The van der Waals surface area contributed by atoms with Crippen LogP contribution in [0.5, 0.6) is 0 Å². The van der Waals surface area contributed by atoms with Gasteiger partial charge in [0, 0.05) is 30.1 Å². The number of aryl methyl sites for hydroxylation is 1. The third-order valence-electron chi connectivity index (χ3n) is 3.37. The van der Waals surface area contributed by atoms with Crippen molar-refractivity contribution in [1.82, 2.24) is 10.3 Å². The Balaban J connectivity index is 1.83. The van der Waals surface area contributed by atoms with Gasteiger partial charge in [-0.2, -0.15) is 0 Å². The molecule has 0 saturated carbocycles. The maximum absolute atomic E-state index is 9.17. The smallest absolute Gasteiger partial charge is 0.0940 e. The number of rotatable bonds is 7. The van der Waals surface area contributed by atoms with Crippen molar-refractivity contribution in [2.45, 2.75) is 39.3 Å². The highest BCUT2D eigenvalue weighted by Gasteiger charge is 2.06. The molecule has 3 nitrogen and oxygen atoms in total. The van der Waals surface area contributed by atoms with Gasteiger partial charge in [0.25, 0.3) is 0 Å². The Morgan fingerprint density at radius 3 is 2.95 bits per heavy atom. The van der Waals surface area contributed by atoms with Crippen molar-refractivity contribution in [3.63, 3.8) is 0 Å². The highest BCUT2D eigenvalue weighted by Crippen LogP contribution is 2.16. The van der Waals surface area contributed by atoms with E-state index in [4.69, 9.17) is 5.11 Å². The molecule has 1 aromatic heterocycles. The molecule has 0 fully saturated rings. The molecule has 0 amide bonds. The number of thiazole rings is 1. The first kappa shape index (κ1) is 15.2. The molecule has 1 atom stereocenters. The van der Waals surface area contributed by atoms with Gasteiger partial charge in [0.2, 0.25) is 0 Å². The van der Waals surface area contributed by atoms with Gasteiger partial charge in [-0.3, -0.25) is 0 Å². The first-order valence-electron chi connectivity index (χ1n) is 7.09. The Bertz CT molecular complexity index is 539. The van der Waals surface area contributed by atoms with E-state index < -0.39 is 0 Å². The largest absolute Gasteiger partial charge is 0.392 e. The quantitative estimate of drug-likeness (QED) is 0.823. The minimum Gasteiger partial charge on any atom is -0.392 e. The van der Waals surface area contributed by atoms with E-state index in [0.717, 1.165) is 24.9 Å². The molecule has 1 heterocycles. The molecule has 2 aromatic rings. The lowest BCUT2D eigenvalue weighted by Crippen LogP contribution is -2.21. The summed E-state index contributed by atoms with van der Waals surface area (Å²) < 4.78 is 0. The summed E-state index contributed by atoms with van der Waals surface area (Å²) in [6.45, 7) is 5.32. The molecule has 2 N–H and O–H groups in total. The maximum Gasteiger partial charge on any atom is 0.0940 e. The van der Waals surface area contributed by atoms with Gasteiger partial charge in [-0.1, -0.05) is 31.2 Å². The molecule has 0 aliphatic heterocycles. The van der Waals surface area contributed by atoms with Crippen molar-refractivity contribution in [1.29, 1.82) is 0 Å². The minimum atomic E-state index is 0.0967. The number of benzene rings is 1. The normalized spacial score (nSPS) is 12.6. The second kappa shape index (κ2) is 7.53. The summed E-state index contributed by atoms with van der Waals surface area (Å²) in [6.07, 6.45) is 4.01. The lowest BCUT2D eigenvalue weighted by atomic mass is 10.1. The van der Waals surface area contributed by atoms with E-state index >= 15 is 0 Å². The number of nitrogens with one attached hydrogen (secondary N) is 1. The van der Waals surface area contributed by atoms with Crippen LogP contribution in [0.4, 0.5) is 0 Å². The number of hydrogen-bond donors (Lipinski definition) is 2.